The lowest BCUT2D eigenvalue weighted by Gasteiger charge is -2.24. The average molecular weight is 537 g/mol. The quantitative estimate of drug-likeness (QED) is 0.454. The first kappa shape index (κ1) is 25.7. The van der Waals surface area contributed by atoms with Gasteiger partial charge < -0.3 is 15.8 Å². The van der Waals surface area contributed by atoms with Gasteiger partial charge >= 0.3 is 0 Å². The largest absolute Gasteiger partial charge is 0.487 e. The molecule has 1 saturated heterocycles. The predicted octanol–water partition coefficient (Wildman–Crippen LogP) is 3.66. The molecule has 0 bridgehead atoms. The van der Waals surface area contributed by atoms with Gasteiger partial charge in [0.25, 0.3) is 0 Å². The molecular formula is C24H26Cl2N4O4S. The van der Waals surface area contributed by atoms with Crippen LogP contribution < -0.4 is 15.8 Å². The van der Waals surface area contributed by atoms with Crippen molar-refractivity contribution in [3.63, 3.8) is 0 Å². The van der Waals surface area contributed by atoms with Gasteiger partial charge in [0.2, 0.25) is 15.9 Å². The van der Waals surface area contributed by atoms with Gasteiger partial charge in [0.1, 0.15) is 28.8 Å². The summed E-state index contributed by atoms with van der Waals surface area (Å²) in [6.45, 7) is 2.59. The summed E-state index contributed by atoms with van der Waals surface area (Å²) < 4.78 is 34.3. The third-order valence-electron chi connectivity index (χ3n) is 5.88. The van der Waals surface area contributed by atoms with E-state index in [1.165, 1.54) is 16.4 Å². The number of fused-ring (bicyclic) bond motifs is 1. The summed E-state index contributed by atoms with van der Waals surface area (Å²) in [5, 5.41) is 3.82. The number of nitrogens with one attached hydrogen (secondary N) is 1. The first-order valence-corrected chi connectivity index (χ1v) is 13.4. The van der Waals surface area contributed by atoms with Crippen LogP contribution in [0, 0.1) is 6.92 Å². The van der Waals surface area contributed by atoms with E-state index in [4.69, 9.17) is 33.7 Å². The summed E-state index contributed by atoms with van der Waals surface area (Å²) >= 11 is 13.0. The Morgan fingerprint density at radius 2 is 2.03 bits per heavy atom. The van der Waals surface area contributed by atoms with Crippen molar-refractivity contribution in [1.29, 1.82) is 0 Å². The zero-order chi connectivity index (χ0) is 25.2. The molecule has 1 fully saturated rings. The topological polar surface area (TPSA) is 115 Å². The van der Waals surface area contributed by atoms with Crippen LogP contribution in [-0.4, -0.2) is 49.3 Å². The van der Waals surface area contributed by atoms with Gasteiger partial charge in [-0.1, -0.05) is 41.4 Å². The smallest absolute Gasteiger partial charge is 0.245 e. The lowest BCUT2D eigenvalue weighted by molar-refractivity contribution is -0.124. The number of nitrogens with zero attached hydrogens (tertiary/aromatic N) is 2. The van der Waals surface area contributed by atoms with E-state index in [-0.39, 0.29) is 47.1 Å². The maximum atomic E-state index is 13.5. The fraction of sp³-hybridized carbons (Fsp3) is 0.333. The van der Waals surface area contributed by atoms with Gasteiger partial charge in [-0.2, -0.15) is 4.31 Å². The van der Waals surface area contributed by atoms with Crippen LogP contribution >= 0.6 is 23.2 Å². The van der Waals surface area contributed by atoms with Crippen molar-refractivity contribution in [3.8, 4) is 5.75 Å². The molecule has 3 N–H and O–H groups in total. The second-order valence-corrected chi connectivity index (χ2v) is 10.9. The Morgan fingerprint density at radius 3 is 2.80 bits per heavy atom. The molecule has 11 heteroatoms. The minimum atomic E-state index is -4.07. The number of rotatable bonds is 8. The molecule has 0 aliphatic carbocycles. The Kier molecular flexibility index (Phi) is 7.83. The highest BCUT2D eigenvalue weighted by atomic mass is 35.5. The van der Waals surface area contributed by atoms with E-state index in [0.29, 0.717) is 29.7 Å². The summed E-state index contributed by atoms with van der Waals surface area (Å²) in [7, 11) is -4.07. The number of hydrogen-bond acceptors (Lipinski definition) is 6. The van der Waals surface area contributed by atoms with Crippen LogP contribution in [0.1, 0.15) is 24.1 Å². The summed E-state index contributed by atoms with van der Waals surface area (Å²) in [5.41, 5.74) is 7.32. The standard InChI is InChI=1S/C24H26Cl2N4O4S/c1-15-7-8-16-4-2-6-20(23(16)29-15)34-14-17-18(25)9-10-21(22(17)26)35(32,33)30-13-3-5-19(30)24(31)28-12-11-27/h2,4,6-10,19H,3,5,11-14,27H2,1H3,(H,28,31)/t19-/m0/s1. The first-order valence-electron chi connectivity index (χ1n) is 11.2. The monoisotopic (exact) mass is 536 g/mol. The number of carbonyl (C=O) groups excluding carboxylic acids is 1. The third kappa shape index (κ3) is 5.24. The van der Waals surface area contributed by atoms with Crippen LogP contribution in [0.3, 0.4) is 0 Å². The van der Waals surface area contributed by atoms with E-state index >= 15 is 0 Å². The maximum absolute atomic E-state index is 13.5. The zero-order valence-corrected chi connectivity index (χ0v) is 21.5. The van der Waals surface area contributed by atoms with E-state index in [0.717, 1.165) is 11.1 Å². The van der Waals surface area contributed by atoms with Gasteiger partial charge in [-0.05, 0) is 44.0 Å². The van der Waals surface area contributed by atoms with E-state index in [2.05, 4.69) is 10.3 Å². The lowest BCUT2D eigenvalue weighted by Crippen LogP contribution is -2.46. The molecule has 4 rings (SSSR count). The van der Waals surface area contributed by atoms with Crippen LogP contribution in [-0.2, 0) is 21.4 Å². The summed E-state index contributed by atoms with van der Waals surface area (Å²) in [5.74, 6) is 0.159. The molecule has 35 heavy (non-hydrogen) atoms. The highest BCUT2D eigenvalue weighted by molar-refractivity contribution is 7.89. The molecule has 2 heterocycles. The van der Waals surface area contributed by atoms with Gasteiger partial charge in [0, 0.05) is 41.3 Å². The Balaban J connectivity index is 1.63. The molecule has 8 nitrogen and oxygen atoms in total. The van der Waals surface area contributed by atoms with E-state index in [1.807, 2.05) is 31.2 Å². The number of nitrogens with two attached hydrogens (primary N) is 1. The fourth-order valence-corrected chi connectivity index (χ4v) is 6.64. The molecule has 0 spiro atoms. The predicted molar refractivity (Wildman–Crippen MR) is 136 cm³/mol. The summed E-state index contributed by atoms with van der Waals surface area (Å²) in [6.07, 6.45) is 0.985. The number of carbonyl (C=O) groups is 1. The van der Waals surface area contributed by atoms with Crippen molar-refractivity contribution < 1.29 is 17.9 Å². The van der Waals surface area contributed by atoms with Crippen LogP contribution in [0.2, 0.25) is 10.0 Å². The second-order valence-electron chi connectivity index (χ2n) is 8.26. The van der Waals surface area contributed by atoms with Crippen molar-refractivity contribution in [3.05, 3.63) is 63.8 Å². The van der Waals surface area contributed by atoms with Crippen LogP contribution in [0.5, 0.6) is 5.75 Å². The van der Waals surface area contributed by atoms with Gasteiger partial charge in [-0.3, -0.25) is 4.79 Å². The van der Waals surface area contributed by atoms with Crippen molar-refractivity contribution in [2.75, 3.05) is 19.6 Å². The number of halogens is 2. The molecule has 1 aliphatic rings. The minimum Gasteiger partial charge on any atom is -0.487 e. The number of aromatic nitrogens is 1. The van der Waals surface area contributed by atoms with Gasteiger partial charge in [0.05, 0.1) is 5.02 Å². The number of para-hydroxylation sites is 1. The maximum Gasteiger partial charge on any atom is 0.245 e. The average Bonchev–Trinajstić information content (AvgIpc) is 3.33. The number of benzene rings is 2. The van der Waals surface area contributed by atoms with E-state index < -0.39 is 16.1 Å². The normalized spacial score (nSPS) is 16.5. The van der Waals surface area contributed by atoms with E-state index in [1.54, 1.807) is 6.07 Å². The highest BCUT2D eigenvalue weighted by Gasteiger charge is 2.40. The molecule has 0 radical (unpaired) electrons. The van der Waals surface area contributed by atoms with E-state index in [9.17, 15) is 13.2 Å². The summed E-state index contributed by atoms with van der Waals surface area (Å²) in [6, 6.07) is 11.4. The molecule has 0 unspecified atom stereocenters. The minimum absolute atomic E-state index is 0.0325. The van der Waals surface area contributed by atoms with Crippen LogP contribution in [0.4, 0.5) is 0 Å². The highest BCUT2D eigenvalue weighted by Crippen LogP contribution is 2.36. The van der Waals surface area contributed by atoms with Gasteiger partial charge in [0.15, 0.2) is 0 Å². The Morgan fingerprint density at radius 1 is 1.23 bits per heavy atom. The molecule has 1 aromatic heterocycles. The summed E-state index contributed by atoms with van der Waals surface area (Å²) in [4.78, 5) is 17.0. The Bertz CT molecular complexity index is 1370. The van der Waals surface area contributed by atoms with Gasteiger partial charge in [-0.15, -0.1) is 0 Å². The van der Waals surface area contributed by atoms with Crippen molar-refractivity contribution in [2.24, 2.45) is 5.73 Å². The van der Waals surface area contributed by atoms with Crippen LogP contribution in [0.25, 0.3) is 10.9 Å². The second kappa shape index (κ2) is 10.7. The lowest BCUT2D eigenvalue weighted by atomic mass is 10.2. The number of amides is 1. The molecule has 3 aromatic rings. The molecular weight excluding hydrogens is 511 g/mol. The van der Waals surface area contributed by atoms with Crippen molar-refractivity contribution in [2.45, 2.75) is 37.3 Å². The number of ether oxygens (including phenoxy) is 1. The molecule has 2 aromatic carbocycles. The first-order chi connectivity index (χ1) is 16.7. The molecule has 1 aliphatic heterocycles. The van der Waals surface area contributed by atoms with Gasteiger partial charge in [-0.25, -0.2) is 13.4 Å². The van der Waals surface area contributed by atoms with Crippen LogP contribution in [0.15, 0.2) is 47.4 Å². The third-order valence-corrected chi connectivity index (χ3v) is 8.73. The van der Waals surface area contributed by atoms with Crippen molar-refractivity contribution >= 4 is 50.0 Å². The zero-order valence-electron chi connectivity index (χ0n) is 19.1. The number of pyridine rings is 1. The molecule has 1 amide bonds. The molecule has 1 atom stereocenters. The molecule has 186 valence electrons. The molecule has 0 saturated carbocycles. The number of hydrogen-bond donors (Lipinski definition) is 2. The fourth-order valence-electron chi connectivity index (χ4n) is 4.12. The van der Waals surface area contributed by atoms with Crippen molar-refractivity contribution in [1.82, 2.24) is 14.6 Å². The number of sulfonamides is 1. The Hall–Kier alpha value is -2.43. The number of aryl methyl sites for hydroxylation is 1. The SMILES string of the molecule is Cc1ccc2cccc(OCc3c(Cl)ccc(S(=O)(=O)N4CCC[C@H]4C(=O)NCCN)c3Cl)c2n1. The Labute approximate surface area is 214 Å².